The van der Waals surface area contributed by atoms with E-state index in [4.69, 9.17) is 5.84 Å². The summed E-state index contributed by atoms with van der Waals surface area (Å²) in [5.74, 6) is 4.61. The average molecular weight is 303 g/mol. The fraction of sp³-hybridized carbons (Fsp3) is 0.333. The zero-order chi connectivity index (χ0) is 15.6. The lowest BCUT2D eigenvalue weighted by molar-refractivity contribution is -0.140. The number of hydrogen-bond acceptors (Lipinski definition) is 4. The van der Waals surface area contributed by atoms with E-state index in [2.05, 4.69) is 15.5 Å². The second kappa shape index (κ2) is 5.78. The number of nitrogens with zero attached hydrogens (tertiary/aromatic N) is 3. The normalized spacial score (nSPS) is 13.4. The van der Waals surface area contributed by atoms with Crippen LogP contribution in [0.2, 0.25) is 0 Å². The summed E-state index contributed by atoms with van der Waals surface area (Å²) in [4.78, 5) is 3.98. The minimum Gasteiger partial charge on any atom is -0.271 e. The lowest BCUT2D eigenvalue weighted by Crippen LogP contribution is -2.30. The van der Waals surface area contributed by atoms with E-state index in [0.29, 0.717) is 5.82 Å². The molecule has 0 spiro atoms. The lowest BCUT2D eigenvalue weighted by atomic mass is 10.0. The first kappa shape index (κ1) is 15.4. The van der Waals surface area contributed by atoms with Crippen LogP contribution < -0.4 is 11.3 Å². The van der Waals surface area contributed by atoms with E-state index in [1.807, 2.05) is 0 Å². The summed E-state index contributed by atoms with van der Waals surface area (Å²) in [6.07, 6.45) is -3.21. The third-order valence-electron chi connectivity index (χ3n) is 3.09. The molecular weight excluding hydrogens is 290 g/mol. The van der Waals surface area contributed by atoms with Crippen LogP contribution in [0.4, 0.5) is 17.6 Å². The Kier molecular flexibility index (Phi) is 4.24. The Bertz CT molecular complexity index is 622. The Morgan fingerprint density at radius 2 is 2.10 bits per heavy atom. The van der Waals surface area contributed by atoms with Crippen LogP contribution in [-0.2, 0) is 19.6 Å². The molecule has 1 aromatic carbocycles. The standard InChI is InChI=1S/C12H13F4N5/c1-21-11(18-6-19-21)5-10(20-17)7-2-3-9(13)8(4-7)12(14,15)16/h2-4,6,10,20H,5,17H2,1H3. The van der Waals surface area contributed by atoms with Gasteiger partial charge in [-0.05, 0) is 17.7 Å². The molecule has 1 aromatic heterocycles. The predicted octanol–water partition coefficient (Wildman–Crippen LogP) is 1.72. The van der Waals surface area contributed by atoms with E-state index in [-0.39, 0.29) is 12.0 Å². The zero-order valence-electron chi connectivity index (χ0n) is 11.0. The number of rotatable bonds is 4. The Morgan fingerprint density at radius 1 is 1.38 bits per heavy atom. The Labute approximate surface area is 117 Å². The van der Waals surface area contributed by atoms with Gasteiger partial charge < -0.3 is 0 Å². The molecule has 2 aromatic rings. The minimum absolute atomic E-state index is 0.217. The molecule has 5 nitrogen and oxygen atoms in total. The fourth-order valence-electron chi connectivity index (χ4n) is 1.94. The quantitative estimate of drug-likeness (QED) is 0.513. The number of halogens is 4. The second-order valence-corrected chi connectivity index (χ2v) is 4.46. The van der Waals surface area contributed by atoms with Gasteiger partial charge in [0.1, 0.15) is 18.0 Å². The first-order valence-corrected chi connectivity index (χ1v) is 5.98. The average Bonchev–Trinajstić information content (AvgIpc) is 2.81. The summed E-state index contributed by atoms with van der Waals surface area (Å²) in [6.45, 7) is 0. The van der Waals surface area contributed by atoms with Crippen molar-refractivity contribution in [1.82, 2.24) is 20.2 Å². The lowest BCUT2D eigenvalue weighted by Gasteiger charge is -2.18. The van der Waals surface area contributed by atoms with E-state index in [1.165, 1.54) is 17.1 Å². The largest absolute Gasteiger partial charge is 0.419 e. The highest BCUT2D eigenvalue weighted by Crippen LogP contribution is 2.33. The summed E-state index contributed by atoms with van der Waals surface area (Å²) < 4.78 is 52.9. The number of aryl methyl sites for hydroxylation is 1. The maximum atomic E-state index is 13.3. The van der Waals surface area contributed by atoms with Crippen LogP contribution in [0.1, 0.15) is 23.0 Å². The SMILES string of the molecule is Cn1ncnc1CC(NN)c1ccc(F)c(C(F)(F)F)c1. The van der Waals surface area contributed by atoms with Crippen LogP contribution in [0, 0.1) is 5.82 Å². The summed E-state index contributed by atoms with van der Waals surface area (Å²) in [6, 6.07) is 2.13. The van der Waals surface area contributed by atoms with E-state index in [9.17, 15) is 17.6 Å². The van der Waals surface area contributed by atoms with Gasteiger partial charge in [0, 0.05) is 13.5 Å². The van der Waals surface area contributed by atoms with Crippen molar-refractivity contribution < 1.29 is 17.6 Å². The maximum Gasteiger partial charge on any atom is 0.419 e. The molecule has 0 aliphatic rings. The van der Waals surface area contributed by atoms with Crippen molar-refractivity contribution in [3.63, 3.8) is 0 Å². The topological polar surface area (TPSA) is 68.8 Å². The highest BCUT2D eigenvalue weighted by molar-refractivity contribution is 5.30. The summed E-state index contributed by atoms with van der Waals surface area (Å²) in [5, 5.41) is 3.87. The third kappa shape index (κ3) is 3.37. The Hall–Kier alpha value is -2.00. The molecule has 0 saturated heterocycles. The fourth-order valence-corrected chi connectivity index (χ4v) is 1.94. The number of hydrazine groups is 1. The zero-order valence-corrected chi connectivity index (χ0v) is 11.0. The van der Waals surface area contributed by atoms with Gasteiger partial charge in [0.05, 0.1) is 11.6 Å². The molecule has 0 amide bonds. The van der Waals surface area contributed by atoms with Gasteiger partial charge in [-0.15, -0.1) is 0 Å². The summed E-state index contributed by atoms with van der Waals surface area (Å²) in [7, 11) is 1.65. The maximum absolute atomic E-state index is 13.3. The van der Waals surface area contributed by atoms with Gasteiger partial charge in [-0.25, -0.2) is 9.37 Å². The first-order valence-electron chi connectivity index (χ1n) is 5.98. The van der Waals surface area contributed by atoms with Gasteiger partial charge in [0.25, 0.3) is 0 Å². The number of aromatic nitrogens is 3. The van der Waals surface area contributed by atoms with Crippen molar-refractivity contribution in [2.45, 2.75) is 18.6 Å². The molecule has 0 fully saturated rings. The van der Waals surface area contributed by atoms with Gasteiger partial charge >= 0.3 is 6.18 Å². The highest BCUT2D eigenvalue weighted by Gasteiger charge is 2.34. The molecular formula is C12H13F4N5. The summed E-state index contributed by atoms with van der Waals surface area (Å²) in [5.41, 5.74) is 1.31. The van der Waals surface area contributed by atoms with E-state index < -0.39 is 23.6 Å². The predicted molar refractivity (Wildman–Crippen MR) is 66.2 cm³/mol. The van der Waals surface area contributed by atoms with Crippen molar-refractivity contribution in [3.05, 3.63) is 47.3 Å². The number of hydrogen-bond donors (Lipinski definition) is 2. The van der Waals surface area contributed by atoms with Crippen LogP contribution >= 0.6 is 0 Å². The van der Waals surface area contributed by atoms with Gasteiger partial charge in [0.15, 0.2) is 0 Å². The minimum atomic E-state index is -4.76. The number of alkyl halides is 3. The van der Waals surface area contributed by atoms with Crippen LogP contribution in [0.5, 0.6) is 0 Å². The first-order chi connectivity index (χ1) is 9.82. The molecule has 0 aliphatic heterocycles. The molecule has 2 rings (SSSR count). The monoisotopic (exact) mass is 303 g/mol. The third-order valence-corrected chi connectivity index (χ3v) is 3.09. The van der Waals surface area contributed by atoms with E-state index in [1.54, 1.807) is 7.05 Å². The van der Waals surface area contributed by atoms with Crippen LogP contribution in [0.15, 0.2) is 24.5 Å². The molecule has 0 aliphatic carbocycles. The molecule has 1 heterocycles. The number of nitrogens with two attached hydrogens (primary N) is 1. The molecule has 3 N–H and O–H groups in total. The molecule has 114 valence electrons. The van der Waals surface area contributed by atoms with Crippen molar-refractivity contribution >= 4 is 0 Å². The molecule has 21 heavy (non-hydrogen) atoms. The van der Waals surface area contributed by atoms with Gasteiger partial charge in [-0.1, -0.05) is 6.07 Å². The number of benzene rings is 1. The molecule has 0 saturated carbocycles. The molecule has 1 atom stereocenters. The highest BCUT2D eigenvalue weighted by atomic mass is 19.4. The molecule has 0 radical (unpaired) electrons. The Morgan fingerprint density at radius 3 is 2.62 bits per heavy atom. The van der Waals surface area contributed by atoms with Crippen LogP contribution in [-0.4, -0.2) is 14.8 Å². The van der Waals surface area contributed by atoms with Crippen LogP contribution in [0.25, 0.3) is 0 Å². The van der Waals surface area contributed by atoms with Gasteiger partial charge in [0.2, 0.25) is 0 Å². The van der Waals surface area contributed by atoms with Gasteiger partial charge in [-0.3, -0.25) is 16.0 Å². The van der Waals surface area contributed by atoms with Crippen molar-refractivity contribution in [2.24, 2.45) is 12.9 Å². The number of nitrogens with one attached hydrogen (secondary N) is 1. The van der Waals surface area contributed by atoms with E-state index in [0.717, 1.165) is 12.1 Å². The summed E-state index contributed by atoms with van der Waals surface area (Å²) >= 11 is 0. The molecule has 0 bridgehead atoms. The van der Waals surface area contributed by atoms with Gasteiger partial charge in [-0.2, -0.15) is 18.3 Å². The van der Waals surface area contributed by atoms with Crippen molar-refractivity contribution in [1.29, 1.82) is 0 Å². The van der Waals surface area contributed by atoms with E-state index >= 15 is 0 Å². The smallest absolute Gasteiger partial charge is 0.271 e. The van der Waals surface area contributed by atoms with Crippen LogP contribution in [0.3, 0.4) is 0 Å². The molecule has 9 heteroatoms. The second-order valence-electron chi connectivity index (χ2n) is 4.46. The Balaban J connectivity index is 2.33. The van der Waals surface area contributed by atoms with Crippen molar-refractivity contribution in [2.75, 3.05) is 0 Å². The van der Waals surface area contributed by atoms with Crippen molar-refractivity contribution in [3.8, 4) is 0 Å². The molecule has 1 unspecified atom stereocenters.